The zero-order chi connectivity index (χ0) is 15.7. The molecule has 0 fully saturated rings. The molecule has 3 aromatic rings. The minimum Gasteiger partial charge on any atom is -0.442 e. The molecular weight excluding hydrogens is 310 g/mol. The van der Waals surface area contributed by atoms with Crippen molar-refractivity contribution in [2.75, 3.05) is 0 Å². The quantitative estimate of drug-likeness (QED) is 0.726. The number of furan rings is 1. The van der Waals surface area contributed by atoms with Crippen LogP contribution in [-0.4, -0.2) is 28.8 Å². The van der Waals surface area contributed by atoms with E-state index in [1.807, 2.05) is 0 Å². The van der Waals surface area contributed by atoms with Crippen molar-refractivity contribution in [1.82, 2.24) is 25.1 Å². The van der Waals surface area contributed by atoms with Gasteiger partial charge in [-0.05, 0) is 32.0 Å². The molecule has 22 heavy (non-hydrogen) atoms. The summed E-state index contributed by atoms with van der Waals surface area (Å²) in [5.41, 5.74) is 0.585. The van der Waals surface area contributed by atoms with Crippen molar-refractivity contribution < 1.29 is 17.4 Å². The Morgan fingerprint density at radius 3 is 2.77 bits per heavy atom. The molecule has 1 atom stereocenters. The van der Waals surface area contributed by atoms with E-state index in [1.54, 1.807) is 32.2 Å². The summed E-state index contributed by atoms with van der Waals surface area (Å²) in [5.74, 6) is 0.987. The van der Waals surface area contributed by atoms with Crippen molar-refractivity contribution in [1.29, 1.82) is 0 Å². The third-order valence-corrected chi connectivity index (χ3v) is 4.27. The number of nitrogens with zero attached hydrogens (tertiary/aromatic N) is 3. The van der Waals surface area contributed by atoms with Gasteiger partial charge < -0.3 is 8.94 Å². The molecule has 1 unspecified atom stereocenters. The number of nitrogens with one attached hydrogen (secondary N) is 2. The van der Waals surface area contributed by atoms with E-state index in [4.69, 9.17) is 8.94 Å². The summed E-state index contributed by atoms with van der Waals surface area (Å²) < 4.78 is 37.3. The fourth-order valence-electron chi connectivity index (χ4n) is 1.83. The highest BCUT2D eigenvalue weighted by Crippen LogP contribution is 2.23. The first kappa shape index (κ1) is 14.5. The Bertz CT molecular complexity index is 865. The summed E-state index contributed by atoms with van der Waals surface area (Å²) in [6.45, 7) is 3.25. The molecule has 2 N–H and O–H groups in total. The van der Waals surface area contributed by atoms with Crippen LogP contribution in [0, 0.1) is 6.92 Å². The Hall–Kier alpha value is -2.46. The smallest absolute Gasteiger partial charge is 0.274 e. The maximum Gasteiger partial charge on any atom is 0.274 e. The van der Waals surface area contributed by atoms with Crippen molar-refractivity contribution in [3.63, 3.8) is 0 Å². The van der Waals surface area contributed by atoms with Gasteiger partial charge in [0.2, 0.25) is 11.0 Å². The van der Waals surface area contributed by atoms with Crippen LogP contribution in [0.25, 0.3) is 11.5 Å². The first-order valence-corrected chi connectivity index (χ1v) is 7.86. The predicted molar refractivity (Wildman–Crippen MR) is 74.1 cm³/mol. The van der Waals surface area contributed by atoms with Gasteiger partial charge in [0.05, 0.1) is 6.04 Å². The van der Waals surface area contributed by atoms with Crippen LogP contribution in [0.4, 0.5) is 0 Å². The Kier molecular flexibility index (Phi) is 3.54. The summed E-state index contributed by atoms with van der Waals surface area (Å²) in [7, 11) is -3.85. The highest BCUT2D eigenvalue weighted by Gasteiger charge is 2.25. The first-order chi connectivity index (χ1) is 10.5. The van der Waals surface area contributed by atoms with E-state index in [9.17, 15) is 8.42 Å². The van der Waals surface area contributed by atoms with Crippen molar-refractivity contribution in [3.05, 3.63) is 36.1 Å². The van der Waals surface area contributed by atoms with Gasteiger partial charge in [-0.1, -0.05) is 5.16 Å². The highest BCUT2D eigenvalue weighted by molar-refractivity contribution is 7.89. The van der Waals surface area contributed by atoms with Crippen LogP contribution in [0.15, 0.2) is 38.4 Å². The minimum absolute atomic E-state index is 0.182. The van der Waals surface area contributed by atoms with E-state index in [0.29, 0.717) is 17.3 Å². The van der Waals surface area contributed by atoms with Crippen LogP contribution in [0.5, 0.6) is 0 Å². The molecule has 3 rings (SSSR count). The Balaban J connectivity index is 1.81. The van der Waals surface area contributed by atoms with Gasteiger partial charge in [0.25, 0.3) is 10.0 Å². The second-order valence-corrected chi connectivity index (χ2v) is 6.26. The Labute approximate surface area is 125 Å². The summed E-state index contributed by atoms with van der Waals surface area (Å²) in [6, 6.07) is 3.91. The second-order valence-electron chi connectivity index (χ2n) is 4.61. The lowest BCUT2D eigenvalue weighted by molar-refractivity contribution is 0.349. The van der Waals surface area contributed by atoms with Gasteiger partial charge in [-0.25, -0.2) is 8.42 Å². The normalized spacial score (nSPS) is 13.4. The van der Waals surface area contributed by atoms with Gasteiger partial charge in [0.1, 0.15) is 5.69 Å². The Morgan fingerprint density at radius 2 is 2.14 bits per heavy atom. The SMILES string of the molecule is Cc1noc(C(C)NS(=O)(=O)c2ccc(-c3ccn[nH]3)o2)n1. The van der Waals surface area contributed by atoms with Crippen LogP contribution in [-0.2, 0) is 10.0 Å². The molecule has 0 bridgehead atoms. The molecule has 0 radical (unpaired) electrons. The fourth-order valence-corrected chi connectivity index (χ4v) is 2.96. The topological polar surface area (TPSA) is 127 Å². The molecular formula is C12H13N5O4S. The molecule has 0 aromatic carbocycles. The molecule has 0 aliphatic rings. The van der Waals surface area contributed by atoms with Gasteiger partial charge in [-0.15, -0.1) is 0 Å². The standard InChI is InChI=1S/C12H13N5O4S/c1-7(12-14-8(2)16-21-12)17-22(18,19)11-4-3-10(20-11)9-5-6-13-15-9/h3-7,17H,1-2H3,(H,13,15). The minimum atomic E-state index is -3.85. The lowest BCUT2D eigenvalue weighted by Crippen LogP contribution is -2.26. The molecule has 0 spiro atoms. The maximum atomic E-state index is 12.3. The highest BCUT2D eigenvalue weighted by atomic mass is 32.2. The average molecular weight is 323 g/mol. The van der Waals surface area contributed by atoms with E-state index >= 15 is 0 Å². The molecule has 0 saturated heterocycles. The predicted octanol–water partition coefficient (Wildman–Crippen LogP) is 1.40. The lowest BCUT2D eigenvalue weighted by Gasteiger charge is -2.08. The largest absolute Gasteiger partial charge is 0.442 e. The van der Waals surface area contributed by atoms with Gasteiger partial charge in [0, 0.05) is 6.20 Å². The first-order valence-electron chi connectivity index (χ1n) is 6.38. The summed E-state index contributed by atoms with van der Waals surface area (Å²) in [6.07, 6.45) is 1.55. The molecule has 3 aromatic heterocycles. The molecule has 0 saturated carbocycles. The van der Waals surface area contributed by atoms with Crippen LogP contribution >= 0.6 is 0 Å². The third-order valence-electron chi connectivity index (χ3n) is 2.86. The number of H-pyrrole nitrogens is 1. The van der Waals surface area contributed by atoms with E-state index < -0.39 is 16.1 Å². The zero-order valence-electron chi connectivity index (χ0n) is 11.8. The number of hydrogen-bond acceptors (Lipinski definition) is 7. The molecule has 0 aliphatic carbocycles. The van der Waals surface area contributed by atoms with Gasteiger partial charge >= 0.3 is 0 Å². The summed E-state index contributed by atoms with van der Waals surface area (Å²) in [5, 5.41) is 9.89. The van der Waals surface area contributed by atoms with E-state index in [0.717, 1.165) is 0 Å². The van der Waals surface area contributed by atoms with Crippen molar-refractivity contribution in [2.45, 2.75) is 25.0 Å². The third kappa shape index (κ3) is 2.78. The number of rotatable bonds is 5. The van der Waals surface area contributed by atoms with Crippen LogP contribution in [0.3, 0.4) is 0 Å². The summed E-state index contributed by atoms with van der Waals surface area (Å²) >= 11 is 0. The maximum absolute atomic E-state index is 12.3. The number of hydrogen-bond donors (Lipinski definition) is 2. The van der Waals surface area contributed by atoms with Gasteiger partial charge in [0.15, 0.2) is 11.6 Å². The van der Waals surface area contributed by atoms with Crippen molar-refractivity contribution >= 4 is 10.0 Å². The molecule has 9 nitrogen and oxygen atoms in total. The number of sulfonamides is 1. The molecule has 116 valence electrons. The fraction of sp³-hybridized carbons (Fsp3) is 0.250. The van der Waals surface area contributed by atoms with Crippen LogP contribution in [0.1, 0.15) is 24.7 Å². The number of aryl methyl sites for hydroxylation is 1. The Morgan fingerprint density at radius 1 is 1.32 bits per heavy atom. The molecule has 0 aliphatic heterocycles. The lowest BCUT2D eigenvalue weighted by atomic mass is 10.3. The monoisotopic (exact) mass is 323 g/mol. The summed E-state index contributed by atoms with van der Waals surface area (Å²) in [4.78, 5) is 3.99. The van der Waals surface area contributed by atoms with E-state index in [-0.39, 0.29) is 11.0 Å². The molecule has 0 amide bonds. The van der Waals surface area contributed by atoms with Crippen LogP contribution < -0.4 is 4.72 Å². The zero-order valence-corrected chi connectivity index (χ0v) is 12.6. The van der Waals surface area contributed by atoms with E-state index in [1.165, 1.54) is 6.07 Å². The van der Waals surface area contributed by atoms with E-state index in [2.05, 4.69) is 25.1 Å². The number of aromatic amines is 1. The van der Waals surface area contributed by atoms with Crippen molar-refractivity contribution in [2.24, 2.45) is 0 Å². The number of aromatic nitrogens is 4. The van der Waals surface area contributed by atoms with Crippen molar-refractivity contribution in [3.8, 4) is 11.5 Å². The second kappa shape index (κ2) is 5.39. The molecule has 3 heterocycles. The van der Waals surface area contributed by atoms with Gasteiger partial charge in [-0.3, -0.25) is 5.10 Å². The average Bonchev–Trinajstić information content (AvgIpc) is 3.19. The molecule has 10 heteroatoms. The van der Waals surface area contributed by atoms with Gasteiger partial charge in [-0.2, -0.15) is 14.8 Å². The van der Waals surface area contributed by atoms with Crippen LogP contribution in [0.2, 0.25) is 0 Å².